The zero-order valence-electron chi connectivity index (χ0n) is 23.9. The fraction of sp³-hybridized carbons (Fsp3) is 0.290. The second-order valence-electron chi connectivity index (χ2n) is 10.9. The Kier molecular flexibility index (Phi) is 8.70. The molecule has 2 aromatic carbocycles. The van der Waals surface area contributed by atoms with E-state index in [2.05, 4.69) is 20.6 Å². The number of benzene rings is 2. The molecule has 220 valence electrons. The number of aromatic nitrogens is 3. The molecule has 0 saturated carbocycles. The van der Waals surface area contributed by atoms with Gasteiger partial charge in [-0.2, -0.15) is 13.2 Å². The lowest BCUT2D eigenvalue weighted by Crippen LogP contribution is -2.32. The molecule has 2 amide bonds. The highest BCUT2D eigenvalue weighted by atomic mass is 19.4. The number of alkyl halides is 3. The highest BCUT2D eigenvalue weighted by Gasteiger charge is 2.31. The zero-order chi connectivity index (χ0) is 30.7. The maximum Gasteiger partial charge on any atom is 0.416 e. The van der Waals surface area contributed by atoms with Gasteiger partial charge in [0.2, 0.25) is 0 Å². The second kappa shape index (κ2) is 12.1. The first kappa shape index (κ1) is 30.3. The average molecular weight is 580 g/mol. The Labute approximate surface area is 242 Å². The van der Waals surface area contributed by atoms with Crippen molar-refractivity contribution in [2.75, 3.05) is 0 Å². The lowest BCUT2D eigenvalue weighted by atomic mass is 9.95. The number of aryl methyl sites for hydroxylation is 1. The molecule has 0 aliphatic heterocycles. The minimum absolute atomic E-state index is 0.0265. The van der Waals surface area contributed by atoms with Crippen LogP contribution >= 0.6 is 0 Å². The van der Waals surface area contributed by atoms with Crippen molar-refractivity contribution < 1.29 is 27.5 Å². The third kappa shape index (κ3) is 7.74. The number of imidazole rings is 1. The number of rotatable bonds is 7. The number of nitrogens with zero attached hydrogens (tertiary/aromatic N) is 3. The van der Waals surface area contributed by atoms with Gasteiger partial charge in [-0.05, 0) is 81.1 Å². The van der Waals surface area contributed by atoms with Crippen molar-refractivity contribution in [3.63, 3.8) is 0 Å². The Bertz CT molecular complexity index is 1570. The molecule has 0 unspecified atom stereocenters. The Hall–Kier alpha value is -4.67. The lowest BCUT2D eigenvalue weighted by molar-refractivity contribution is -0.137. The lowest BCUT2D eigenvalue weighted by Gasteiger charge is -2.20. The van der Waals surface area contributed by atoms with E-state index in [0.29, 0.717) is 16.7 Å². The second-order valence-corrected chi connectivity index (χ2v) is 10.9. The Morgan fingerprint density at radius 3 is 2.33 bits per heavy atom. The first-order chi connectivity index (χ1) is 19.7. The van der Waals surface area contributed by atoms with Gasteiger partial charge in [-0.25, -0.2) is 9.78 Å². The predicted molar refractivity (Wildman–Crippen MR) is 152 cm³/mol. The molecule has 0 spiro atoms. The summed E-state index contributed by atoms with van der Waals surface area (Å²) in [4.78, 5) is 33.5. The molecule has 0 saturated heterocycles. The molecule has 2 N–H and O–H groups in total. The fourth-order valence-electron chi connectivity index (χ4n) is 4.23. The first-order valence-corrected chi connectivity index (χ1v) is 13.2. The van der Waals surface area contributed by atoms with Crippen LogP contribution in [-0.2, 0) is 17.5 Å². The largest absolute Gasteiger partial charge is 0.444 e. The van der Waals surface area contributed by atoms with Crippen molar-refractivity contribution in [2.45, 2.75) is 59.0 Å². The number of amides is 2. The maximum absolute atomic E-state index is 13.5. The molecule has 8 nitrogen and oxygen atoms in total. The number of alkyl carbamates (subject to hydrolysis) is 1. The smallest absolute Gasteiger partial charge is 0.416 e. The van der Waals surface area contributed by atoms with Crippen molar-refractivity contribution in [1.82, 2.24) is 25.2 Å². The molecule has 0 aliphatic carbocycles. The number of hydrogen-bond acceptors (Lipinski definition) is 5. The summed E-state index contributed by atoms with van der Waals surface area (Å²) in [7, 11) is 0. The van der Waals surface area contributed by atoms with Crippen molar-refractivity contribution >= 4 is 12.0 Å². The first-order valence-electron chi connectivity index (χ1n) is 13.2. The topological polar surface area (TPSA) is 98.1 Å². The normalized spacial score (nSPS) is 12.5. The minimum atomic E-state index is -4.54. The highest BCUT2D eigenvalue weighted by molar-refractivity contribution is 5.93. The number of pyridine rings is 1. The third-order valence-corrected chi connectivity index (χ3v) is 6.31. The molecular weight excluding hydrogens is 547 g/mol. The summed E-state index contributed by atoms with van der Waals surface area (Å²) >= 11 is 0. The van der Waals surface area contributed by atoms with Crippen LogP contribution in [0.25, 0.3) is 16.8 Å². The summed E-state index contributed by atoms with van der Waals surface area (Å²) in [5.41, 5.74) is 2.37. The summed E-state index contributed by atoms with van der Waals surface area (Å²) in [5, 5.41) is 5.52. The number of nitrogens with one attached hydrogen (secondary N) is 2. The van der Waals surface area contributed by atoms with Gasteiger partial charge in [0, 0.05) is 18.9 Å². The Morgan fingerprint density at radius 2 is 1.71 bits per heavy atom. The van der Waals surface area contributed by atoms with Gasteiger partial charge in [-0.1, -0.05) is 30.3 Å². The van der Waals surface area contributed by atoms with Gasteiger partial charge < -0.3 is 19.9 Å². The monoisotopic (exact) mass is 579 g/mol. The summed E-state index contributed by atoms with van der Waals surface area (Å²) in [6.07, 6.45) is -0.172. The Balaban J connectivity index is 1.51. The quantitative estimate of drug-likeness (QED) is 0.252. The molecular formula is C31H32F3N5O3. The average Bonchev–Trinajstić information content (AvgIpc) is 3.36. The van der Waals surface area contributed by atoms with E-state index in [1.165, 1.54) is 6.07 Å². The van der Waals surface area contributed by atoms with Crippen molar-refractivity contribution in [1.29, 1.82) is 0 Å². The number of carbonyl (C=O) groups is 2. The molecule has 4 rings (SSSR count). The Morgan fingerprint density at radius 1 is 1.00 bits per heavy atom. The molecule has 11 heteroatoms. The van der Waals surface area contributed by atoms with Gasteiger partial charge in [0.15, 0.2) is 0 Å². The van der Waals surface area contributed by atoms with Crippen LogP contribution in [0.3, 0.4) is 0 Å². The van der Waals surface area contributed by atoms with E-state index < -0.39 is 29.5 Å². The third-order valence-electron chi connectivity index (χ3n) is 6.31. The molecule has 0 radical (unpaired) electrons. The highest BCUT2D eigenvalue weighted by Crippen LogP contribution is 2.34. The van der Waals surface area contributed by atoms with Crippen LogP contribution in [0.4, 0.5) is 18.0 Å². The van der Waals surface area contributed by atoms with Crippen molar-refractivity contribution in [3.05, 3.63) is 101 Å². The maximum atomic E-state index is 13.5. The summed E-state index contributed by atoms with van der Waals surface area (Å²) in [6, 6.07) is 13.3. The zero-order valence-corrected chi connectivity index (χ0v) is 23.9. The number of carbonyl (C=O) groups excluding carboxylic acids is 2. The fourth-order valence-corrected chi connectivity index (χ4v) is 4.23. The molecule has 4 aromatic rings. The van der Waals surface area contributed by atoms with Crippen LogP contribution < -0.4 is 10.6 Å². The number of halogens is 3. The van der Waals surface area contributed by atoms with Crippen LogP contribution in [0.15, 0.2) is 73.3 Å². The van der Waals surface area contributed by atoms with Crippen LogP contribution in [0, 0.1) is 6.92 Å². The van der Waals surface area contributed by atoms with E-state index >= 15 is 0 Å². The van der Waals surface area contributed by atoms with E-state index in [-0.39, 0.29) is 18.1 Å². The van der Waals surface area contributed by atoms with E-state index in [9.17, 15) is 22.8 Å². The van der Waals surface area contributed by atoms with E-state index in [1.807, 2.05) is 13.1 Å². The van der Waals surface area contributed by atoms with E-state index in [4.69, 9.17) is 4.74 Å². The van der Waals surface area contributed by atoms with Gasteiger partial charge in [-0.3, -0.25) is 9.78 Å². The summed E-state index contributed by atoms with van der Waals surface area (Å²) < 4.78 is 47.6. The van der Waals surface area contributed by atoms with Crippen molar-refractivity contribution in [3.8, 4) is 16.8 Å². The van der Waals surface area contributed by atoms with Gasteiger partial charge in [0.1, 0.15) is 11.3 Å². The molecule has 0 aliphatic rings. The van der Waals surface area contributed by atoms with Crippen LogP contribution in [0.1, 0.15) is 66.6 Å². The van der Waals surface area contributed by atoms with E-state index in [0.717, 1.165) is 29.1 Å². The number of ether oxygens (including phenoxy) is 1. The molecule has 1 atom stereocenters. The molecule has 2 aromatic heterocycles. The predicted octanol–water partition coefficient (Wildman–Crippen LogP) is 6.78. The van der Waals surface area contributed by atoms with E-state index in [1.54, 1.807) is 81.2 Å². The number of hydrogen-bond donors (Lipinski definition) is 2. The van der Waals surface area contributed by atoms with Crippen molar-refractivity contribution in [2.24, 2.45) is 0 Å². The van der Waals surface area contributed by atoms with Crippen LogP contribution in [-0.4, -0.2) is 32.1 Å². The minimum Gasteiger partial charge on any atom is -0.444 e. The van der Waals surface area contributed by atoms with Gasteiger partial charge >= 0.3 is 12.3 Å². The van der Waals surface area contributed by atoms with Crippen LogP contribution in [0.5, 0.6) is 0 Å². The summed E-state index contributed by atoms with van der Waals surface area (Å²) in [6.45, 7) is 8.80. The van der Waals surface area contributed by atoms with Crippen LogP contribution in [0.2, 0.25) is 0 Å². The van der Waals surface area contributed by atoms with Gasteiger partial charge in [0.25, 0.3) is 5.91 Å². The van der Waals surface area contributed by atoms with Gasteiger partial charge in [-0.15, -0.1) is 0 Å². The summed E-state index contributed by atoms with van der Waals surface area (Å²) in [5.74, 6) is -0.376. The standard InChI is InChI=1S/C31H32F3N5O3/c1-19-17-39(18-37-19)25-12-13-35-27(15-25)28(40)38-20(2)21-6-8-22(9-7-21)26-14-24(31(32,33)34)11-10-23(26)16-36-29(41)42-30(3,4)5/h6-15,17-18,20H,16H2,1-5H3,(H,36,41)(H,38,40)/t20-/m1/s1. The SMILES string of the molecule is Cc1cn(-c2ccnc(C(=O)N[C@H](C)c3ccc(-c4cc(C(F)(F)F)ccc4CNC(=O)OC(C)(C)C)cc3)c2)cn1. The molecule has 42 heavy (non-hydrogen) atoms. The molecule has 2 heterocycles. The molecule has 0 bridgehead atoms. The molecule has 0 fully saturated rings. The van der Waals surface area contributed by atoms with Gasteiger partial charge in [0.05, 0.1) is 29.3 Å².